The number of aryl methyl sites for hydroxylation is 1. The van der Waals surface area contributed by atoms with E-state index in [4.69, 9.17) is 4.74 Å². The van der Waals surface area contributed by atoms with E-state index < -0.39 is 0 Å². The Balaban J connectivity index is 2.16. The molecule has 2 heteroatoms. The molecule has 0 unspecified atom stereocenters. The zero-order valence-electron chi connectivity index (χ0n) is 8.88. The highest BCUT2D eigenvalue weighted by atomic mass is 16.5. The third-order valence-corrected chi connectivity index (χ3v) is 2.48. The molecule has 78 valence electrons. The lowest BCUT2D eigenvalue weighted by molar-refractivity contribution is 0.0994. The van der Waals surface area contributed by atoms with Gasteiger partial charge in [-0.2, -0.15) is 0 Å². The standard InChI is InChI=1S/C13H14O2/c1-9(2)8-15-11-4-5-12-10(7-11)3-6-13(12)14/h4-5,7H,1,3,6,8H2,2H3. The Kier molecular flexibility index (Phi) is 2.58. The fraction of sp³-hybridized carbons (Fsp3) is 0.308. The van der Waals surface area contributed by atoms with Crippen LogP contribution < -0.4 is 4.74 Å². The van der Waals surface area contributed by atoms with Crippen LogP contribution in [-0.2, 0) is 6.42 Å². The molecule has 1 aromatic carbocycles. The summed E-state index contributed by atoms with van der Waals surface area (Å²) in [5.74, 6) is 1.07. The van der Waals surface area contributed by atoms with Crippen molar-refractivity contribution in [2.45, 2.75) is 19.8 Å². The second-order valence-electron chi connectivity index (χ2n) is 3.99. The van der Waals surface area contributed by atoms with Crippen LogP contribution in [-0.4, -0.2) is 12.4 Å². The molecule has 1 aromatic rings. The Morgan fingerprint density at radius 1 is 1.47 bits per heavy atom. The van der Waals surface area contributed by atoms with Crippen LogP contribution in [0.4, 0.5) is 0 Å². The van der Waals surface area contributed by atoms with E-state index in [1.165, 1.54) is 0 Å². The van der Waals surface area contributed by atoms with Crippen LogP contribution in [0.25, 0.3) is 0 Å². The Morgan fingerprint density at radius 3 is 3.00 bits per heavy atom. The largest absolute Gasteiger partial charge is 0.489 e. The number of rotatable bonds is 3. The van der Waals surface area contributed by atoms with Gasteiger partial charge in [-0.15, -0.1) is 0 Å². The Morgan fingerprint density at radius 2 is 2.27 bits per heavy atom. The minimum atomic E-state index is 0.247. The van der Waals surface area contributed by atoms with Crippen molar-refractivity contribution in [1.29, 1.82) is 0 Å². The van der Waals surface area contributed by atoms with E-state index in [-0.39, 0.29) is 5.78 Å². The minimum absolute atomic E-state index is 0.247. The number of carbonyl (C=O) groups is 1. The van der Waals surface area contributed by atoms with Gasteiger partial charge in [0.2, 0.25) is 0 Å². The third kappa shape index (κ3) is 2.09. The molecule has 2 nitrogen and oxygen atoms in total. The van der Waals surface area contributed by atoms with Crippen LogP contribution in [0, 0.1) is 0 Å². The van der Waals surface area contributed by atoms with Gasteiger partial charge in [0.15, 0.2) is 5.78 Å². The van der Waals surface area contributed by atoms with E-state index in [9.17, 15) is 4.79 Å². The fourth-order valence-corrected chi connectivity index (χ4v) is 1.73. The maximum absolute atomic E-state index is 11.4. The Hall–Kier alpha value is -1.57. The Bertz CT molecular complexity index is 419. The van der Waals surface area contributed by atoms with Crippen molar-refractivity contribution >= 4 is 5.78 Å². The normalized spacial score (nSPS) is 13.8. The number of hydrogen-bond acceptors (Lipinski definition) is 2. The van der Waals surface area contributed by atoms with Gasteiger partial charge in [0.05, 0.1) is 0 Å². The molecule has 0 aromatic heterocycles. The van der Waals surface area contributed by atoms with E-state index in [0.717, 1.165) is 28.9 Å². The predicted octanol–water partition coefficient (Wildman–Crippen LogP) is 2.77. The van der Waals surface area contributed by atoms with Crippen molar-refractivity contribution in [3.8, 4) is 5.75 Å². The number of Topliss-reactive ketones (excluding diaryl/α,β-unsaturated/α-hetero) is 1. The number of ketones is 1. The number of hydrogen-bond donors (Lipinski definition) is 0. The van der Waals surface area contributed by atoms with Crippen molar-refractivity contribution in [3.63, 3.8) is 0 Å². The van der Waals surface area contributed by atoms with Gasteiger partial charge >= 0.3 is 0 Å². The van der Waals surface area contributed by atoms with E-state index in [1.54, 1.807) is 0 Å². The number of fused-ring (bicyclic) bond motifs is 1. The summed E-state index contributed by atoms with van der Waals surface area (Å²) in [7, 11) is 0. The van der Waals surface area contributed by atoms with Gasteiger partial charge < -0.3 is 4.74 Å². The quantitative estimate of drug-likeness (QED) is 0.704. The topological polar surface area (TPSA) is 26.3 Å². The van der Waals surface area contributed by atoms with Crippen LogP contribution in [0.15, 0.2) is 30.4 Å². The second kappa shape index (κ2) is 3.89. The van der Waals surface area contributed by atoms with Crippen molar-refractivity contribution in [2.24, 2.45) is 0 Å². The highest BCUT2D eigenvalue weighted by molar-refractivity contribution is 6.00. The van der Waals surface area contributed by atoms with Gasteiger partial charge in [0.25, 0.3) is 0 Å². The molecule has 0 N–H and O–H groups in total. The monoisotopic (exact) mass is 202 g/mol. The first kappa shape index (κ1) is 9.97. The summed E-state index contributed by atoms with van der Waals surface area (Å²) in [5, 5.41) is 0. The maximum atomic E-state index is 11.4. The summed E-state index contributed by atoms with van der Waals surface area (Å²) in [6.07, 6.45) is 1.48. The van der Waals surface area contributed by atoms with E-state index in [1.807, 2.05) is 25.1 Å². The summed E-state index contributed by atoms with van der Waals surface area (Å²) in [6, 6.07) is 5.67. The Labute approximate surface area is 89.6 Å². The molecule has 0 fully saturated rings. The van der Waals surface area contributed by atoms with Crippen LogP contribution in [0.3, 0.4) is 0 Å². The highest BCUT2D eigenvalue weighted by Gasteiger charge is 2.19. The molecular formula is C13H14O2. The molecule has 0 aliphatic heterocycles. The first-order valence-electron chi connectivity index (χ1n) is 5.10. The van der Waals surface area contributed by atoms with Crippen LogP contribution in [0.5, 0.6) is 5.75 Å². The van der Waals surface area contributed by atoms with E-state index in [2.05, 4.69) is 6.58 Å². The van der Waals surface area contributed by atoms with Crippen molar-refractivity contribution in [3.05, 3.63) is 41.5 Å². The third-order valence-electron chi connectivity index (χ3n) is 2.48. The van der Waals surface area contributed by atoms with Gasteiger partial charge in [-0.3, -0.25) is 4.79 Å². The molecular weight excluding hydrogens is 188 g/mol. The SMILES string of the molecule is C=C(C)COc1ccc2c(c1)CCC2=O. The number of carbonyl (C=O) groups excluding carboxylic acids is 1. The van der Waals surface area contributed by atoms with Crippen molar-refractivity contribution < 1.29 is 9.53 Å². The summed E-state index contributed by atoms with van der Waals surface area (Å²) in [6.45, 7) is 6.24. The van der Waals surface area contributed by atoms with Crippen LogP contribution in [0.1, 0.15) is 29.3 Å². The number of ether oxygens (including phenoxy) is 1. The molecule has 2 rings (SSSR count). The van der Waals surface area contributed by atoms with Gasteiger partial charge in [-0.25, -0.2) is 0 Å². The first-order valence-corrected chi connectivity index (χ1v) is 5.10. The number of benzene rings is 1. The molecule has 1 aliphatic rings. The smallest absolute Gasteiger partial charge is 0.163 e. The van der Waals surface area contributed by atoms with Gasteiger partial charge in [0.1, 0.15) is 12.4 Å². The summed E-state index contributed by atoms with van der Waals surface area (Å²) in [5.41, 5.74) is 2.96. The lowest BCUT2D eigenvalue weighted by atomic mass is 10.1. The molecule has 1 aliphatic carbocycles. The van der Waals surface area contributed by atoms with E-state index >= 15 is 0 Å². The van der Waals surface area contributed by atoms with E-state index in [0.29, 0.717) is 13.0 Å². The van der Waals surface area contributed by atoms with Gasteiger partial charge in [-0.05, 0) is 42.7 Å². The highest BCUT2D eigenvalue weighted by Crippen LogP contribution is 2.26. The molecule has 0 bridgehead atoms. The molecule has 15 heavy (non-hydrogen) atoms. The summed E-state index contributed by atoms with van der Waals surface area (Å²) >= 11 is 0. The van der Waals surface area contributed by atoms with Crippen molar-refractivity contribution in [2.75, 3.05) is 6.61 Å². The predicted molar refractivity (Wildman–Crippen MR) is 59.4 cm³/mol. The summed E-state index contributed by atoms with van der Waals surface area (Å²) in [4.78, 5) is 11.4. The average Bonchev–Trinajstić information content (AvgIpc) is 2.57. The fourth-order valence-electron chi connectivity index (χ4n) is 1.73. The zero-order valence-corrected chi connectivity index (χ0v) is 8.88. The molecule has 0 amide bonds. The van der Waals surface area contributed by atoms with Crippen LogP contribution in [0.2, 0.25) is 0 Å². The van der Waals surface area contributed by atoms with Gasteiger partial charge in [-0.1, -0.05) is 6.58 Å². The first-order chi connectivity index (χ1) is 7.16. The second-order valence-corrected chi connectivity index (χ2v) is 3.99. The lowest BCUT2D eigenvalue weighted by Crippen LogP contribution is -1.98. The molecule has 0 saturated heterocycles. The molecule has 0 atom stereocenters. The lowest BCUT2D eigenvalue weighted by Gasteiger charge is -2.07. The minimum Gasteiger partial charge on any atom is -0.489 e. The molecule has 0 saturated carbocycles. The van der Waals surface area contributed by atoms with Crippen LogP contribution >= 0.6 is 0 Å². The maximum Gasteiger partial charge on any atom is 0.163 e. The summed E-state index contributed by atoms with van der Waals surface area (Å²) < 4.78 is 5.52. The molecule has 0 spiro atoms. The molecule has 0 heterocycles. The van der Waals surface area contributed by atoms with Gasteiger partial charge in [0, 0.05) is 12.0 Å². The van der Waals surface area contributed by atoms with Crippen molar-refractivity contribution in [1.82, 2.24) is 0 Å². The zero-order chi connectivity index (χ0) is 10.8. The molecule has 0 radical (unpaired) electrons. The average molecular weight is 202 g/mol.